The van der Waals surface area contributed by atoms with Gasteiger partial charge < -0.3 is 15.5 Å². The lowest BCUT2D eigenvalue weighted by atomic mass is 10.1. The summed E-state index contributed by atoms with van der Waals surface area (Å²) in [6.07, 6.45) is -4.78. The summed E-state index contributed by atoms with van der Waals surface area (Å²) < 4.78 is 38.5. The van der Waals surface area contributed by atoms with Crippen LogP contribution in [-0.4, -0.2) is 34.9 Å². The van der Waals surface area contributed by atoms with Crippen molar-refractivity contribution in [2.75, 3.05) is 6.61 Å². The minimum absolute atomic E-state index is 0.216. The van der Waals surface area contributed by atoms with E-state index in [4.69, 9.17) is 5.11 Å². The van der Waals surface area contributed by atoms with Crippen LogP contribution in [0.15, 0.2) is 24.3 Å². The number of nitrogens with one attached hydrogen (secondary N) is 1. The van der Waals surface area contributed by atoms with Gasteiger partial charge in [-0.25, -0.2) is 0 Å². The van der Waals surface area contributed by atoms with E-state index in [-0.39, 0.29) is 18.9 Å². The number of carbonyl (C=O) groups is 1. The molecule has 0 heterocycles. The minimum atomic E-state index is -4.60. The van der Waals surface area contributed by atoms with Gasteiger partial charge in [-0.2, -0.15) is 13.2 Å². The van der Waals surface area contributed by atoms with Crippen LogP contribution in [0.1, 0.15) is 28.8 Å². The minimum Gasteiger partial charge on any atom is -0.396 e. The summed E-state index contributed by atoms with van der Waals surface area (Å²) in [5.74, 6) is -1.17. The number of carbonyl (C=O) groups excluding carboxylic acids is 1. The second kappa shape index (κ2) is 6.03. The van der Waals surface area contributed by atoms with Crippen molar-refractivity contribution in [3.63, 3.8) is 0 Å². The molecule has 1 saturated carbocycles. The first-order valence-corrected chi connectivity index (χ1v) is 6.59. The van der Waals surface area contributed by atoms with Crippen LogP contribution >= 0.6 is 0 Å². The second-order valence-corrected chi connectivity index (χ2v) is 5.20. The molecule has 3 atom stereocenters. The lowest BCUT2D eigenvalue weighted by Crippen LogP contribution is -2.34. The quantitative estimate of drug-likeness (QED) is 0.794. The molecule has 0 aromatic heterocycles. The maximum atomic E-state index is 12.8. The van der Waals surface area contributed by atoms with Crippen molar-refractivity contribution in [1.82, 2.24) is 5.32 Å². The highest BCUT2D eigenvalue weighted by molar-refractivity contribution is 5.96. The Labute approximate surface area is 119 Å². The molecule has 0 spiro atoms. The summed E-state index contributed by atoms with van der Waals surface area (Å²) in [6, 6.07) is 4.12. The summed E-state index contributed by atoms with van der Waals surface area (Å²) in [5.41, 5.74) is -1.42. The molecule has 0 unspecified atom stereocenters. The van der Waals surface area contributed by atoms with Gasteiger partial charge in [-0.3, -0.25) is 4.79 Å². The van der Waals surface area contributed by atoms with Crippen LogP contribution in [0, 0.1) is 5.92 Å². The van der Waals surface area contributed by atoms with Crippen molar-refractivity contribution >= 4 is 5.91 Å². The van der Waals surface area contributed by atoms with Gasteiger partial charge in [-0.1, -0.05) is 12.1 Å². The van der Waals surface area contributed by atoms with Crippen molar-refractivity contribution < 1.29 is 28.2 Å². The van der Waals surface area contributed by atoms with E-state index < -0.39 is 35.4 Å². The van der Waals surface area contributed by atoms with Gasteiger partial charge in [-0.05, 0) is 25.0 Å². The summed E-state index contributed by atoms with van der Waals surface area (Å²) in [5, 5.41) is 21.2. The molecule has 1 aromatic carbocycles. The fourth-order valence-electron chi connectivity index (χ4n) is 2.61. The zero-order valence-electron chi connectivity index (χ0n) is 11.1. The highest BCUT2D eigenvalue weighted by Crippen LogP contribution is 2.32. The fourth-order valence-corrected chi connectivity index (χ4v) is 2.61. The molecule has 116 valence electrons. The van der Waals surface area contributed by atoms with Crippen molar-refractivity contribution in [1.29, 1.82) is 0 Å². The Bertz CT molecular complexity index is 518. The largest absolute Gasteiger partial charge is 0.417 e. The Balaban J connectivity index is 2.12. The average Bonchev–Trinajstić information content (AvgIpc) is 2.77. The summed E-state index contributed by atoms with van der Waals surface area (Å²) in [7, 11) is 0. The Morgan fingerprint density at radius 2 is 1.95 bits per heavy atom. The number of amides is 1. The molecule has 0 radical (unpaired) electrons. The van der Waals surface area contributed by atoms with Crippen molar-refractivity contribution in [2.45, 2.75) is 31.2 Å². The van der Waals surface area contributed by atoms with Crippen LogP contribution in [-0.2, 0) is 6.18 Å². The molecule has 0 aliphatic heterocycles. The number of halogens is 3. The zero-order chi connectivity index (χ0) is 15.6. The van der Waals surface area contributed by atoms with Gasteiger partial charge in [0.25, 0.3) is 5.91 Å². The number of benzene rings is 1. The SMILES string of the molecule is O=C(N[C@H]1C[C@@H](CO)[C@H](O)C1)c1ccccc1C(F)(F)F. The highest BCUT2D eigenvalue weighted by Gasteiger charge is 2.37. The molecule has 21 heavy (non-hydrogen) atoms. The van der Waals surface area contributed by atoms with Gasteiger partial charge >= 0.3 is 6.18 Å². The molecule has 4 nitrogen and oxygen atoms in total. The number of hydrogen-bond donors (Lipinski definition) is 3. The molecular weight excluding hydrogens is 287 g/mol. The predicted octanol–water partition coefficient (Wildman–Crippen LogP) is 1.57. The Hall–Kier alpha value is -1.60. The first-order valence-electron chi connectivity index (χ1n) is 6.59. The molecule has 1 amide bonds. The summed E-state index contributed by atoms with van der Waals surface area (Å²) >= 11 is 0. The average molecular weight is 303 g/mol. The third-order valence-electron chi connectivity index (χ3n) is 3.70. The van der Waals surface area contributed by atoms with Crippen LogP contribution in [0.25, 0.3) is 0 Å². The number of alkyl halides is 3. The van der Waals surface area contributed by atoms with Gasteiger partial charge in [0.15, 0.2) is 0 Å². The lowest BCUT2D eigenvalue weighted by molar-refractivity contribution is -0.137. The van der Waals surface area contributed by atoms with E-state index in [1.54, 1.807) is 0 Å². The number of aliphatic hydroxyl groups excluding tert-OH is 2. The molecular formula is C14H16F3NO3. The molecule has 2 rings (SSSR count). The highest BCUT2D eigenvalue weighted by atomic mass is 19.4. The smallest absolute Gasteiger partial charge is 0.396 e. The van der Waals surface area contributed by atoms with Gasteiger partial charge in [0, 0.05) is 18.6 Å². The number of aliphatic hydroxyl groups is 2. The monoisotopic (exact) mass is 303 g/mol. The van der Waals surface area contributed by atoms with E-state index in [9.17, 15) is 23.1 Å². The standard InChI is InChI=1S/C14H16F3NO3/c15-14(16,17)11-4-2-1-3-10(11)13(21)18-9-5-8(7-19)12(20)6-9/h1-4,8-9,12,19-20H,5-7H2,(H,18,21)/t8-,9-,12+/m0/s1. The third kappa shape index (κ3) is 3.54. The van der Waals surface area contributed by atoms with Crippen LogP contribution < -0.4 is 5.32 Å². The molecule has 7 heteroatoms. The summed E-state index contributed by atoms with van der Waals surface area (Å²) in [4.78, 5) is 12.0. The molecule has 0 bridgehead atoms. The number of hydrogen-bond acceptors (Lipinski definition) is 3. The Kier molecular flexibility index (Phi) is 4.53. The van der Waals surface area contributed by atoms with Crippen LogP contribution in [0.4, 0.5) is 13.2 Å². The van der Waals surface area contributed by atoms with Gasteiger partial charge in [0.05, 0.1) is 17.2 Å². The van der Waals surface area contributed by atoms with E-state index in [1.807, 2.05) is 0 Å². The maximum absolute atomic E-state index is 12.8. The molecule has 1 aliphatic carbocycles. The topological polar surface area (TPSA) is 69.6 Å². The van der Waals surface area contributed by atoms with Crippen molar-refractivity contribution in [3.8, 4) is 0 Å². The Morgan fingerprint density at radius 3 is 2.52 bits per heavy atom. The predicted molar refractivity (Wildman–Crippen MR) is 68.5 cm³/mol. The van der Waals surface area contributed by atoms with Crippen molar-refractivity contribution in [2.24, 2.45) is 5.92 Å². The molecule has 1 fully saturated rings. The van der Waals surface area contributed by atoms with Gasteiger partial charge in [0.2, 0.25) is 0 Å². The van der Waals surface area contributed by atoms with E-state index in [0.717, 1.165) is 12.1 Å². The van der Waals surface area contributed by atoms with Crippen molar-refractivity contribution in [3.05, 3.63) is 35.4 Å². The fraction of sp³-hybridized carbons (Fsp3) is 0.500. The van der Waals surface area contributed by atoms with Crippen LogP contribution in [0.2, 0.25) is 0 Å². The normalized spacial score (nSPS) is 25.9. The molecule has 3 N–H and O–H groups in total. The first kappa shape index (κ1) is 15.8. The van der Waals surface area contributed by atoms with Gasteiger partial charge in [0.1, 0.15) is 0 Å². The third-order valence-corrected chi connectivity index (χ3v) is 3.70. The van der Waals surface area contributed by atoms with E-state index in [2.05, 4.69) is 5.32 Å². The zero-order valence-corrected chi connectivity index (χ0v) is 11.1. The summed E-state index contributed by atoms with van der Waals surface area (Å²) in [6.45, 7) is -0.216. The second-order valence-electron chi connectivity index (χ2n) is 5.20. The lowest BCUT2D eigenvalue weighted by Gasteiger charge is -2.16. The molecule has 0 saturated heterocycles. The van der Waals surface area contributed by atoms with E-state index in [0.29, 0.717) is 6.42 Å². The Morgan fingerprint density at radius 1 is 1.29 bits per heavy atom. The molecule has 1 aliphatic rings. The maximum Gasteiger partial charge on any atom is 0.417 e. The van der Waals surface area contributed by atoms with Gasteiger partial charge in [-0.15, -0.1) is 0 Å². The number of rotatable bonds is 3. The van der Waals surface area contributed by atoms with E-state index >= 15 is 0 Å². The first-order chi connectivity index (χ1) is 9.82. The van der Waals surface area contributed by atoms with E-state index in [1.165, 1.54) is 12.1 Å². The molecule has 1 aromatic rings. The van der Waals surface area contributed by atoms with Crippen LogP contribution in [0.5, 0.6) is 0 Å². The van der Waals surface area contributed by atoms with Crippen LogP contribution in [0.3, 0.4) is 0 Å².